The topological polar surface area (TPSA) is 57.5 Å². The van der Waals surface area contributed by atoms with E-state index in [9.17, 15) is 4.79 Å². The van der Waals surface area contributed by atoms with Crippen molar-refractivity contribution >= 4 is 5.97 Å². The molecule has 2 N–H and O–H groups in total. The van der Waals surface area contributed by atoms with E-state index in [0.29, 0.717) is 0 Å². The highest BCUT2D eigenvalue weighted by atomic mass is 16.4. The summed E-state index contributed by atoms with van der Waals surface area (Å²) in [5.74, 6) is -0.803. The van der Waals surface area contributed by atoms with Gasteiger partial charge in [-0.05, 0) is 30.4 Å². The summed E-state index contributed by atoms with van der Waals surface area (Å²) in [6.07, 6.45) is 2.71. The molecule has 0 unspecified atom stereocenters. The Labute approximate surface area is 89.4 Å². The van der Waals surface area contributed by atoms with Crippen LogP contribution in [0.1, 0.15) is 24.0 Å². The Hall–Kier alpha value is -1.35. The highest BCUT2D eigenvalue weighted by Gasteiger charge is 2.01. The zero-order chi connectivity index (χ0) is 11.1. The third-order valence-electron chi connectivity index (χ3n) is 2.22. The molecule has 0 heterocycles. The van der Waals surface area contributed by atoms with Crippen LogP contribution in [0.3, 0.4) is 0 Å². The van der Waals surface area contributed by atoms with Crippen LogP contribution in [0, 0.1) is 0 Å². The number of benzene rings is 1. The minimum absolute atomic E-state index is 0.0772. The molecule has 3 heteroatoms. The summed E-state index contributed by atoms with van der Waals surface area (Å²) in [6, 6.07) is 7.62. The molecular weight excluding hydrogens is 192 g/mol. The smallest absolute Gasteiger partial charge is 0.307 e. The minimum atomic E-state index is -0.803. The molecule has 0 aliphatic heterocycles. The normalized spacial score (nSPS) is 10.2. The first-order valence-corrected chi connectivity index (χ1v) is 5.13. The number of rotatable bonds is 6. The first-order chi connectivity index (χ1) is 7.22. The number of aliphatic hydroxyl groups excluding tert-OH is 1. The lowest BCUT2D eigenvalue weighted by atomic mass is 10.0. The summed E-state index contributed by atoms with van der Waals surface area (Å²) >= 11 is 0. The predicted octanol–water partition coefficient (Wildman–Crippen LogP) is 1.63. The highest BCUT2D eigenvalue weighted by molar-refractivity contribution is 5.70. The number of unbranched alkanes of at least 4 members (excludes halogenated alkanes) is 1. The second-order valence-electron chi connectivity index (χ2n) is 3.57. The fraction of sp³-hybridized carbons (Fsp3) is 0.417. The first kappa shape index (κ1) is 11.7. The van der Waals surface area contributed by atoms with Crippen molar-refractivity contribution in [2.75, 3.05) is 6.61 Å². The summed E-state index contributed by atoms with van der Waals surface area (Å²) in [5, 5.41) is 17.3. The highest BCUT2D eigenvalue weighted by Crippen LogP contribution is 2.09. The monoisotopic (exact) mass is 208 g/mol. The third kappa shape index (κ3) is 4.61. The molecule has 0 fully saturated rings. The Balaban J connectivity index is 2.53. The van der Waals surface area contributed by atoms with E-state index < -0.39 is 5.97 Å². The average Bonchev–Trinajstić information content (AvgIpc) is 2.18. The molecule has 3 nitrogen and oxygen atoms in total. The van der Waals surface area contributed by atoms with Crippen molar-refractivity contribution in [3.05, 3.63) is 35.4 Å². The number of aryl methyl sites for hydroxylation is 1. The van der Waals surface area contributed by atoms with Crippen LogP contribution in [-0.4, -0.2) is 22.8 Å². The van der Waals surface area contributed by atoms with Gasteiger partial charge in [-0.15, -0.1) is 0 Å². The van der Waals surface area contributed by atoms with Gasteiger partial charge in [0.15, 0.2) is 0 Å². The maximum absolute atomic E-state index is 10.5. The van der Waals surface area contributed by atoms with Gasteiger partial charge in [-0.3, -0.25) is 4.79 Å². The Kier molecular flexibility index (Phi) is 4.84. The largest absolute Gasteiger partial charge is 0.481 e. The number of aliphatic hydroxyl groups is 1. The summed E-state index contributed by atoms with van der Waals surface area (Å²) < 4.78 is 0. The molecular formula is C12H16O3. The standard InChI is InChI=1S/C12H16O3/c13-7-2-1-4-10-5-3-6-11(8-10)9-12(14)15/h3,5-6,8,13H,1-2,4,7,9H2,(H,14,15). The zero-order valence-corrected chi connectivity index (χ0v) is 8.65. The molecule has 0 aromatic heterocycles. The van der Waals surface area contributed by atoms with Crippen LogP contribution in [0.25, 0.3) is 0 Å². The van der Waals surface area contributed by atoms with E-state index in [1.165, 1.54) is 0 Å². The maximum Gasteiger partial charge on any atom is 0.307 e. The minimum Gasteiger partial charge on any atom is -0.481 e. The second kappa shape index (κ2) is 6.19. The summed E-state index contributed by atoms with van der Waals surface area (Å²) in [4.78, 5) is 10.5. The Morgan fingerprint density at radius 1 is 1.20 bits per heavy atom. The van der Waals surface area contributed by atoms with Gasteiger partial charge in [0.1, 0.15) is 0 Å². The Bertz CT molecular complexity index is 320. The summed E-state index contributed by atoms with van der Waals surface area (Å²) in [6.45, 7) is 0.217. The van der Waals surface area contributed by atoms with Crippen molar-refractivity contribution in [3.63, 3.8) is 0 Å². The quantitative estimate of drug-likeness (QED) is 0.698. The Morgan fingerprint density at radius 3 is 2.60 bits per heavy atom. The lowest BCUT2D eigenvalue weighted by molar-refractivity contribution is -0.136. The van der Waals surface area contributed by atoms with Gasteiger partial charge in [0.2, 0.25) is 0 Å². The van der Waals surface area contributed by atoms with Crippen LogP contribution in [0.5, 0.6) is 0 Å². The SMILES string of the molecule is O=C(O)Cc1cccc(CCCCO)c1. The fourth-order valence-corrected chi connectivity index (χ4v) is 1.51. The van der Waals surface area contributed by atoms with Crippen molar-refractivity contribution in [1.82, 2.24) is 0 Å². The molecule has 1 rings (SSSR count). The molecule has 1 aromatic rings. The van der Waals surface area contributed by atoms with Gasteiger partial charge in [0, 0.05) is 6.61 Å². The van der Waals surface area contributed by atoms with E-state index in [2.05, 4.69) is 0 Å². The van der Waals surface area contributed by atoms with Crippen LogP contribution < -0.4 is 0 Å². The fourth-order valence-electron chi connectivity index (χ4n) is 1.51. The van der Waals surface area contributed by atoms with E-state index in [-0.39, 0.29) is 13.0 Å². The molecule has 0 spiro atoms. The molecule has 0 atom stereocenters. The van der Waals surface area contributed by atoms with E-state index in [0.717, 1.165) is 30.4 Å². The van der Waals surface area contributed by atoms with Crippen LogP contribution in [0.2, 0.25) is 0 Å². The molecule has 0 aliphatic carbocycles. The van der Waals surface area contributed by atoms with Crippen LogP contribution in [-0.2, 0) is 17.6 Å². The lowest BCUT2D eigenvalue weighted by Gasteiger charge is -2.03. The van der Waals surface area contributed by atoms with E-state index in [1.807, 2.05) is 24.3 Å². The molecule has 0 radical (unpaired) electrons. The second-order valence-corrected chi connectivity index (χ2v) is 3.57. The lowest BCUT2D eigenvalue weighted by Crippen LogP contribution is -2.00. The van der Waals surface area contributed by atoms with E-state index >= 15 is 0 Å². The molecule has 0 amide bonds. The van der Waals surface area contributed by atoms with Gasteiger partial charge < -0.3 is 10.2 Å². The maximum atomic E-state index is 10.5. The first-order valence-electron chi connectivity index (χ1n) is 5.13. The molecule has 15 heavy (non-hydrogen) atoms. The van der Waals surface area contributed by atoms with Gasteiger partial charge in [0.25, 0.3) is 0 Å². The number of carbonyl (C=O) groups is 1. The van der Waals surface area contributed by atoms with Crippen LogP contribution >= 0.6 is 0 Å². The van der Waals surface area contributed by atoms with Gasteiger partial charge in [0.05, 0.1) is 6.42 Å². The molecule has 0 saturated heterocycles. The molecule has 0 bridgehead atoms. The van der Waals surface area contributed by atoms with Crippen molar-refractivity contribution in [2.24, 2.45) is 0 Å². The van der Waals surface area contributed by atoms with Crippen molar-refractivity contribution < 1.29 is 15.0 Å². The molecule has 1 aromatic carbocycles. The number of hydrogen-bond donors (Lipinski definition) is 2. The number of carboxylic acid groups (broad SMARTS) is 1. The van der Waals surface area contributed by atoms with Gasteiger partial charge in [-0.25, -0.2) is 0 Å². The van der Waals surface area contributed by atoms with Crippen LogP contribution in [0.15, 0.2) is 24.3 Å². The van der Waals surface area contributed by atoms with E-state index in [4.69, 9.17) is 10.2 Å². The molecule has 82 valence electrons. The van der Waals surface area contributed by atoms with Crippen LogP contribution in [0.4, 0.5) is 0 Å². The van der Waals surface area contributed by atoms with Crippen molar-refractivity contribution in [2.45, 2.75) is 25.7 Å². The van der Waals surface area contributed by atoms with Gasteiger partial charge >= 0.3 is 5.97 Å². The average molecular weight is 208 g/mol. The van der Waals surface area contributed by atoms with E-state index in [1.54, 1.807) is 0 Å². The number of aliphatic carboxylic acids is 1. The predicted molar refractivity (Wildman–Crippen MR) is 57.8 cm³/mol. The van der Waals surface area contributed by atoms with Crippen molar-refractivity contribution in [1.29, 1.82) is 0 Å². The molecule has 0 aliphatic rings. The zero-order valence-electron chi connectivity index (χ0n) is 8.65. The number of carboxylic acids is 1. The number of hydrogen-bond acceptors (Lipinski definition) is 2. The van der Waals surface area contributed by atoms with Gasteiger partial charge in [-0.2, -0.15) is 0 Å². The molecule has 0 saturated carbocycles. The summed E-state index contributed by atoms with van der Waals surface area (Å²) in [5.41, 5.74) is 1.98. The Morgan fingerprint density at radius 2 is 1.93 bits per heavy atom. The van der Waals surface area contributed by atoms with Gasteiger partial charge in [-0.1, -0.05) is 24.3 Å². The van der Waals surface area contributed by atoms with Crippen molar-refractivity contribution in [3.8, 4) is 0 Å². The summed E-state index contributed by atoms with van der Waals surface area (Å²) in [7, 11) is 0. The third-order valence-corrected chi connectivity index (χ3v) is 2.22.